The number of pyridine rings is 1. The molecule has 170 valence electrons. The van der Waals surface area contributed by atoms with Crippen LogP contribution in [0.5, 0.6) is 6.01 Å². The van der Waals surface area contributed by atoms with Crippen molar-refractivity contribution in [2.24, 2.45) is 0 Å². The topological polar surface area (TPSA) is 106 Å². The van der Waals surface area contributed by atoms with Crippen molar-refractivity contribution in [3.05, 3.63) is 71.2 Å². The average Bonchev–Trinajstić information content (AvgIpc) is 3.23. The van der Waals surface area contributed by atoms with Crippen LogP contribution in [0.3, 0.4) is 0 Å². The summed E-state index contributed by atoms with van der Waals surface area (Å²) in [6, 6.07) is 12.6. The molecule has 9 nitrogen and oxygen atoms in total. The van der Waals surface area contributed by atoms with Gasteiger partial charge < -0.3 is 20.7 Å². The van der Waals surface area contributed by atoms with Gasteiger partial charge in [-0.05, 0) is 23.6 Å². The van der Waals surface area contributed by atoms with Crippen LogP contribution in [-0.4, -0.2) is 57.4 Å². The van der Waals surface area contributed by atoms with E-state index >= 15 is 0 Å². The fourth-order valence-electron chi connectivity index (χ4n) is 4.15. The Labute approximate surface area is 192 Å². The summed E-state index contributed by atoms with van der Waals surface area (Å²) in [6.07, 6.45) is 5.12. The number of nitrogen functional groups attached to an aromatic ring is 1. The highest BCUT2D eigenvalue weighted by molar-refractivity contribution is 5.60. The maximum Gasteiger partial charge on any atom is 0.336 e. The molecule has 4 heterocycles. The predicted molar refractivity (Wildman–Crippen MR) is 128 cm³/mol. The first-order chi connectivity index (χ1) is 16.2. The molecule has 1 fully saturated rings. The van der Waals surface area contributed by atoms with E-state index in [1.165, 1.54) is 11.1 Å². The van der Waals surface area contributed by atoms with Crippen LogP contribution in [0.25, 0.3) is 5.65 Å². The Morgan fingerprint density at radius 1 is 1.06 bits per heavy atom. The van der Waals surface area contributed by atoms with Gasteiger partial charge in [-0.1, -0.05) is 36.4 Å². The molecule has 0 amide bonds. The smallest absolute Gasteiger partial charge is 0.336 e. The second kappa shape index (κ2) is 9.41. The van der Waals surface area contributed by atoms with Gasteiger partial charge in [0.2, 0.25) is 0 Å². The lowest BCUT2D eigenvalue weighted by Gasteiger charge is -2.29. The molecule has 5 rings (SSSR count). The second-order valence-corrected chi connectivity index (χ2v) is 8.25. The maximum atomic E-state index is 6.14. The molecule has 4 aromatic rings. The highest BCUT2D eigenvalue weighted by atomic mass is 16.5. The zero-order valence-electron chi connectivity index (χ0n) is 18.7. The van der Waals surface area contributed by atoms with E-state index < -0.39 is 0 Å². The SMILES string of the molecule is Cc1cc(Cc2cnc3c(N)nc(OCCc4ccccc4)nn23)cnc1N1CCNCC1. The summed E-state index contributed by atoms with van der Waals surface area (Å²) in [7, 11) is 0. The Morgan fingerprint density at radius 2 is 1.88 bits per heavy atom. The van der Waals surface area contributed by atoms with Gasteiger partial charge in [0.1, 0.15) is 5.82 Å². The van der Waals surface area contributed by atoms with E-state index in [4.69, 9.17) is 15.5 Å². The molecule has 1 aliphatic rings. The summed E-state index contributed by atoms with van der Waals surface area (Å²) in [5, 5.41) is 7.92. The average molecular weight is 445 g/mol. The predicted octanol–water partition coefficient (Wildman–Crippen LogP) is 2.03. The third kappa shape index (κ3) is 4.73. The number of nitrogens with zero attached hydrogens (tertiary/aromatic N) is 6. The number of fused-ring (bicyclic) bond motifs is 1. The third-order valence-corrected chi connectivity index (χ3v) is 5.81. The van der Waals surface area contributed by atoms with Gasteiger partial charge in [-0.3, -0.25) is 0 Å². The molecular weight excluding hydrogens is 416 g/mol. The van der Waals surface area contributed by atoms with Crippen LogP contribution in [0.1, 0.15) is 22.4 Å². The number of hydrogen-bond acceptors (Lipinski definition) is 8. The van der Waals surface area contributed by atoms with Crippen LogP contribution in [0, 0.1) is 6.92 Å². The largest absolute Gasteiger partial charge is 0.462 e. The second-order valence-electron chi connectivity index (χ2n) is 8.25. The van der Waals surface area contributed by atoms with Crippen LogP contribution < -0.4 is 20.7 Å². The van der Waals surface area contributed by atoms with Crippen LogP contribution in [0.15, 0.2) is 48.8 Å². The molecule has 0 bridgehead atoms. The molecule has 9 heteroatoms. The molecule has 0 saturated carbocycles. The Bertz CT molecular complexity index is 1230. The Hall–Kier alpha value is -3.72. The Kier molecular flexibility index (Phi) is 6.03. The lowest BCUT2D eigenvalue weighted by molar-refractivity contribution is 0.291. The van der Waals surface area contributed by atoms with E-state index in [2.05, 4.69) is 50.4 Å². The Balaban J connectivity index is 1.32. The van der Waals surface area contributed by atoms with Crippen LogP contribution in [-0.2, 0) is 12.8 Å². The molecule has 1 aromatic carbocycles. The highest BCUT2D eigenvalue weighted by Crippen LogP contribution is 2.21. The lowest BCUT2D eigenvalue weighted by Crippen LogP contribution is -2.44. The van der Waals surface area contributed by atoms with E-state index in [0.717, 1.165) is 49.7 Å². The van der Waals surface area contributed by atoms with Crippen molar-refractivity contribution in [1.29, 1.82) is 0 Å². The van der Waals surface area contributed by atoms with E-state index in [9.17, 15) is 0 Å². The fraction of sp³-hybridized carbons (Fsp3) is 0.333. The number of hydrogen-bond donors (Lipinski definition) is 2. The highest BCUT2D eigenvalue weighted by Gasteiger charge is 2.16. The molecule has 1 aliphatic heterocycles. The van der Waals surface area contributed by atoms with Crippen molar-refractivity contribution in [2.45, 2.75) is 19.8 Å². The van der Waals surface area contributed by atoms with E-state index in [1.54, 1.807) is 10.7 Å². The van der Waals surface area contributed by atoms with Gasteiger partial charge in [0.05, 0.1) is 18.5 Å². The van der Waals surface area contributed by atoms with Crippen LogP contribution >= 0.6 is 0 Å². The summed E-state index contributed by atoms with van der Waals surface area (Å²) in [5.74, 6) is 1.35. The van der Waals surface area contributed by atoms with Gasteiger partial charge in [0, 0.05) is 45.2 Å². The number of nitrogens with two attached hydrogens (primary N) is 1. The van der Waals surface area contributed by atoms with Crippen molar-refractivity contribution < 1.29 is 4.74 Å². The molecule has 0 unspecified atom stereocenters. The molecule has 0 radical (unpaired) electrons. The normalized spacial score (nSPS) is 14.0. The standard InChI is InChI=1S/C24H28N8O/c1-17-13-19(15-27-22(17)31-10-8-26-9-11-31)14-20-16-28-23-21(25)29-24(30-32(20)23)33-12-7-18-5-3-2-4-6-18/h2-6,13,15-16,26H,7-12,14H2,1H3,(H2,25,29,30). The number of piperazine rings is 1. The minimum absolute atomic E-state index is 0.249. The molecule has 0 aliphatic carbocycles. The zero-order valence-corrected chi connectivity index (χ0v) is 18.7. The van der Waals surface area contributed by atoms with E-state index in [0.29, 0.717) is 24.5 Å². The fourth-order valence-corrected chi connectivity index (χ4v) is 4.15. The summed E-state index contributed by atoms with van der Waals surface area (Å²) < 4.78 is 7.52. The van der Waals surface area contributed by atoms with E-state index in [-0.39, 0.29) is 6.01 Å². The lowest BCUT2D eigenvalue weighted by atomic mass is 10.1. The van der Waals surface area contributed by atoms with Gasteiger partial charge in [-0.25, -0.2) is 14.5 Å². The van der Waals surface area contributed by atoms with Crippen molar-refractivity contribution >= 4 is 17.3 Å². The first-order valence-electron chi connectivity index (χ1n) is 11.3. The monoisotopic (exact) mass is 444 g/mol. The summed E-state index contributed by atoms with van der Waals surface area (Å²) in [5.41, 5.74) is 11.0. The van der Waals surface area contributed by atoms with Crippen molar-refractivity contribution in [1.82, 2.24) is 29.9 Å². The molecular formula is C24H28N8O. The summed E-state index contributed by atoms with van der Waals surface area (Å²) in [4.78, 5) is 15.8. The summed E-state index contributed by atoms with van der Waals surface area (Å²) in [6.45, 7) is 6.51. The minimum atomic E-state index is 0.249. The van der Waals surface area contributed by atoms with Crippen LogP contribution in [0.4, 0.5) is 11.6 Å². The molecule has 0 atom stereocenters. The Morgan fingerprint density at radius 3 is 2.67 bits per heavy atom. The van der Waals surface area contributed by atoms with Crippen molar-refractivity contribution in [3.8, 4) is 6.01 Å². The van der Waals surface area contributed by atoms with Gasteiger partial charge in [0.15, 0.2) is 11.5 Å². The molecule has 1 saturated heterocycles. The number of rotatable bonds is 7. The van der Waals surface area contributed by atoms with Crippen molar-refractivity contribution in [2.75, 3.05) is 43.4 Å². The zero-order chi connectivity index (χ0) is 22.6. The molecule has 0 spiro atoms. The first kappa shape index (κ1) is 21.1. The number of aromatic nitrogens is 5. The van der Waals surface area contributed by atoms with Crippen LogP contribution in [0.2, 0.25) is 0 Å². The first-order valence-corrected chi connectivity index (χ1v) is 11.3. The number of aryl methyl sites for hydroxylation is 1. The molecule has 33 heavy (non-hydrogen) atoms. The summed E-state index contributed by atoms with van der Waals surface area (Å²) >= 11 is 0. The number of benzene rings is 1. The van der Waals surface area contributed by atoms with Gasteiger partial charge in [-0.2, -0.15) is 4.98 Å². The molecule has 3 aromatic heterocycles. The number of imidazole rings is 1. The van der Waals surface area contributed by atoms with Gasteiger partial charge in [0.25, 0.3) is 0 Å². The number of anilines is 2. The molecule has 3 N–H and O–H groups in total. The number of ether oxygens (including phenoxy) is 1. The maximum absolute atomic E-state index is 6.14. The number of nitrogens with one attached hydrogen (secondary N) is 1. The quantitative estimate of drug-likeness (QED) is 0.446. The van der Waals surface area contributed by atoms with Gasteiger partial charge >= 0.3 is 6.01 Å². The van der Waals surface area contributed by atoms with Crippen molar-refractivity contribution in [3.63, 3.8) is 0 Å². The van der Waals surface area contributed by atoms with E-state index in [1.807, 2.05) is 24.4 Å². The minimum Gasteiger partial charge on any atom is -0.462 e. The third-order valence-electron chi connectivity index (χ3n) is 5.81. The van der Waals surface area contributed by atoms with Gasteiger partial charge in [-0.15, -0.1) is 5.10 Å².